The van der Waals surface area contributed by atoms with Gasteiger partial charge in [-0.1, -0.05) is 31.5 Å². The number of rotatable bonds is 6. The second-order valence-corrected chi connectivity index (χ2v) is 4.65. The second kappa shape index (κ2) is 6.54. The van der Waals surface area contributed by atoms with Crippen LogP contribution in [0.1, 0.15) is 26.7 Å². The number of carbonyl (C=O) groups is 1. The van der Waals surface area contributed by atoms with Gasteiger partial charge in [0.05, 0.1) is 0 Å². The highest BCUT2D eigenvalue weighted by atomic mass is 35.5. The Morgan fingerprint density at radius 2 is 2.19 bits per heavy atom. The summed E-state index contributed by atoms with van der Waals surface area (Å²) in [6, 6.07) is 7.07. The van der Waals surface area contributed by atoms with E-state index in [1.54, 1.807) is 24.3 Å². The van der Waals surface area contributed by atoms with E-state index in [-0.39, 0.29) is 12.4 Å². The van der Waals surface area contributed by atoms with E-state index in [4.69, 9.17) is 16.3 Å². The molecule has 1 rings (SSSR count). The van der Waals surface area contributed by atoms with Crippen molar-refractivity contribution in [2.75, 3.05) is 6.61 Å². The van der Waals surface area contributed by atoms with Crippen LogP contribution in [0.15, 0.2) is 24.3 Å². The highest BCUT2D eigenvalue weighted by molar-refractivity contribution is 6.30. The number of hydrogen-bond acceptors (Lipinski definition) is 2. The monoisotopic (exact) mass is 240 g/mol. The molecule has 0 unspecified atom stereocenters. The third-order valence-electron chi connectivity index (χ3n) is 2.20. The Kier molecular flexibility index (Phi) is 5.33. The molecule has 0 saturated heterocycles. The van der Waals surface area contributed by atoms with Crippen molar-refractivity contribution < 1.29 is 9.53 Å². The lowest BCUT2D eigenvalue weighted by Crippen LogP contribution is -2.11. The fraction of sp³-hybridized carbons (Fsp3) is 0.462. The van der Waals surface area contributed by atoms with E-state index in [1.807, 2.05) is 0 Å². The lowest BCUT2D eigenvalue weighted by atomic mass is 10.1. The zero-order valence-corrected chi connectivity index (χ0v) is 10.5. The van der Waals surface area contributed by atoms with Gasteiger partial charge in [-0.05, 0) is 30.5 Å². The molecule has 0 amide bonds. The standard InChI is InChI=1S/C13H17ClO2/c1-10(2)6-7-12(15)9-16-13-5-3-4-11(14)8-13/h3-5,8,10H,6-7,9H2,1-2H3. The number of benzene rings is 1. The summed E-state index contributed by atoms with van der Waals surface area (Å²) in [6.07, 6.45) is 1.50. The van der Waals surface area contributed by atoms with E-state index in [9.17, 15) is 4.79 Å². The Labute approximate surface area is 102 Å². The second-order valence-electron chi connectivity index (χ2n) is 4.22. The van der Waals surface area contributed by atoms with Crippen LogP contribution in [-0.2, 0) is 4.79 Å². The van der Waals surface area contributed by atoms with Crippen molar-refractivity contribution in [2.24, 2.45) is 5.92 Å². The largest absolute Gasteiger partial charge is 0.486 e. The summed E-state index contributed by atoms with van der Waals surface area (Å²) in [7, 11) is 0. The van der Waals surface area contributed by atoms with Gasteiger partial charge in [0, 0.05) is 11.4 Å². The molecule has 16 heavy (non-hydrogen) atoms. The molecular formula is C13H17ClO2. The van der Waals surface area contributed by atoms with Crippen molar-refractivity contribution in [1.82, 2.24) is 0 Å². The Morgan fingerprint density at radius 1 is 1.44 bits per heavy atom. The summed E-state index contributed by atoms with van der Waals surface area (Å²) in [6.45, 7) is 4.34. The van der Waals surface area contributed by atoms with Gasteiger partial charge in [0.1, 0.15) is 12.4 Å². The number of hydrogen-bond donors (Lipinski definition) is 0. The van der Waals surface area contributed by atoms with Gasteiger partial charge < -0.3 is 4.74 Å². The van der Waals surface area contributed by atoms with Crippen LogP contribution in [0.4, 0.5) is 0 Å². The first-order valence-corrected chi connectivity index (χ1v) is 5.86. The first-order chi connectivity index (χ1) is 7.58. The Balaban J connectivity index is 2.31. The quantitative estimate of drug-likeness (QED) is 0.758. The van der Waals surface area contributed by atoms with E-state index in [0.717, 1.165) is 6.42 Å². The third kappa shape index (κ3) is 5.17. The van der Waals surface area contributed by atoms with E-state index in [1.165, 1.54) is 0 Å². The molecule has 0 saturated carbocycles. The van der Waals surface area contributed by atoms with E-state index >= 15 is 0 Å². The van der Waals surface area contributed by atoms with Crippen LogP contribution in [0.3, 0.4) is 0 Å². The summed E-state index contributed by atoms with van der Waals surface area (Å²) in [5.41, 5.74) is 0. The number of Topliss-reactive ketones (excluding diaryl/α,β-unsaturated/α-hetero) is 1. The van der Waals surface area contributed by atoms with Crippen molar-refractivity contribution in [3.05, 3.63) is 29.3 Å². The fourth-order valence-electron chi connectivity index (χ4n) is 1.24. The highest BCUT2D eigenvalue weighted by Crippen LogP contribution is 2.17. The van der Waals surface area contributed by atoms with Gasteiger partial charge in [0.15, 0.2) is 5.78 Å². The van der Waals surface area contributed by atoms with Crippen LogP contribution in [0.2, 0.25) is 5.02 Å². The molecule has 0 bridgehead atoms. The zero-order chi connectivity index (χ0) is 12.0. The molecule has 1 aromatic rings. The molecule has 0 atom stereocenters. The number of ether oxygens (including phenoxy) is 1. The van der Waals surface area contributed by atoms with Crippen molar-refractivity contribution >= 4 is 17.4 Å². The van der Waals surface area contributed by atoms with Gasteiger partial charge in [0.25, 0.3) is 0 Å². The molecule has 0 aliphatic rings. The number of halogens is 1. The minimum atomic E-state index is 0.132. The first kappa shape index (κ1) is 13.0. The maximum atomic E-state index is 11.4. The van der Waals surface area contributed by atoms with Crippen LogP contribution in [0.25, 0.3) is 0 Å². The molecule has 0 aliphatic heterocycles. The molecule has 0 N–H and O–H groups in total. The Morgan fingerprint density at radius 3 is 2.81 bits per heavy atom. The average Bonchev–Trinajstić information content (AvgIpc) is 2.23. The lowest BCUT2D eigenvalue weighted by molar-refractivity contribution is -0.121. The van der Waals surface area contributed by atoms with E-state index in [2.05, 4.69) is 13.8 Å². The van der Waals surface area contributed by atoms with Crippen LogP contribution < -0.4 is 4.74 Å². The van der Waals surface area contributed by atoms with Gasteiger partial charge in [-0.25, -0.2) is 0 Å². The molecular weight excluding hydrogens is 224 g/mol. The average molecular weight is 241 g/mol. The molecule has 88 valence electrons. The summed E-state index contributed by atoms with van der Waals surface area (Å²) < 4.78 is 5.35. The maximum absolute atomic E-state index is 11.4. The van der Waals surface area contributed by atoms with Gasteiger partial charge in [-0.3, -0.25) is 4.79 Å². The van der Waals surface area contributed by atoms with Crippen molar-refractivity contribution in [3.63, 3.8) is 0 Å². The minimum absolute atomic E-state index is 0.132. The number of carbonyl (C=O) groups excluding carboxylic acids is 1. The summed E-state index contributed by atoms with van der Waals surface area (Å²) in [4.78, 5) is 11.4. The van der Waals surface area contributed by atoms with E-state index < -0.39 is 0 Å². The SMILES string of the molecule is CC(C)CCC(=O)COc1cccc(Cl)c1. The van der Waals surface area contributed by atoms with Gasteiger partial charge in [0.2, 0.25) is 0 Å². The summed E-state index contributed by atoms with van der Waals surface area (Å²) >= 11 is 5.80. The lowest BCUT2D eigenvalue weighted by Gasteiger charge is -2.06. The van der Waals surface area contributed by atoms with Crippen molar-refractivity contribution in [3.8, 4) is 5.75 Å². The third-order valence-corrected chi connectivity index (χ3v) is 2.43. The smallest absolute Gasteiger partial charge is 0.170 e. The molecule has 0 fully saturated rings. The number of ketones is 1. The van der Waals surface area contributed by atoms with Gasteiger partial charge in [-0.15, -0.1) is 0 Å². The molecule has 1 aromatic carbocycles. The van der Waals surface area contributed by atoms with Gasteiger partial charge in [-0.2, -0.15) is 0 Å². The summed E-state index contributed by atoms with van der Waals surface area (Å²) in [5, 5.41) is 0.618. The van der Waals surface area contributed by atoms with Crippen molar-refractivity contribution in [1.29, 1.82) is 0 Å². The van der Waals surface area contributed by atoms with Crippen LogP contribution in [-0.4, -0.2) is 12.4 Å². The normalized spacial score (nSPS) is 10.5. The molecule has 0 aromatic heterocycles. The molecule has 0 aliphatic carbocycles. The molecule has 0 heterocycles. The van der Waals surface area contributed by atoms with Gasteiger partial charge >= 0.3 is 0 Å². The van der Waals surface area contributed by atoms with Crippen LogP contribution in [0, 0.1) is 5.92 Å². The Hall–Kier alpha value is -1.02. The predicted octanol–water partition coefficient (Wildman–Crippen LogP) is 3.72. The minimum Gasteiger partial charge on any atom is -0.486 e. The highest BCUT2D eigenvalue weighted by Gasteiger charge is 2.05. The fourth-order valence-corrected chi connectivity index (χ4v) is 1.42. The van der Waals surface area contributed by atoms with E-state index in [0.29, 0.717) is 23.1 Å². The molecule has 0 radical (unpaired) electrons. The predicted molar refractivity (Wildman–Crippen MR) is 66.0 cm³/mol. The molecule has 3 heteroatoms. The Bertz CT molecular complexity index is 348. The zero-order valence-electron chi connectivity index (χ0n) is 9.70. The summed E-state index contributed by atoms with van der Waals surface area (Å²) in [5.74, 6) is 1.33. The molecule has 2 nitrogen and oxygen atoms in total. The molecule has 0 spiro atoms. The maximum Gasteiger partial charge on any atom is 0.170 e. The van der Waals surface area contributed by atoms with Crippen LogP contribution in [0.5, 0.6) is 5.75 Å². The van der Waals surface area contributed by atoms with Crippen LogP contribution >= 0.6 is 11.6 Å². The topological polar surface area (TPSA) is 26.3 Å². The first-order valence-electron chi connectivity index (χ1n) is 5.48. The van der Waals surface area contributed by atoms with Crippen molar-refractivity contribution in [2.45, 2.75) is 26.7 Å².